The van der Waals surface area contributed by atoms with Gasteiger partial charge in [0, 0.05) is 59.9 Å². The molecule has 0 saturated carbocycles. The van der Waals surface area contributed by atoms with Crippen LogP contribution in [0.4, 0.5) is 11.9 Å². The van der Waals surface area contributed by atoms with Crippen LogP contribution in [0.1, 0.15) is 36.8 Å². The number of hydrogen-bond donors (Lipinski definition) is 6. The van der Waals surface area contributed by atoms with Crippen molar-refractivity contribution in [3.05, 3.63) is 93.4 Å². The molecule has 0 amide bonds. The third-order valence-electron chi connectivity index (χ3n) is 7.79. The van der Waals surface area contributed by atoms with Crippen molar-refractivity contribution in [3.63, 3.8) is 0 Å². The average Bonchev–Trinajstić information content (AvgIpc) is 3.16. The topological polar surface area (TPSA) is 193 Å². The molecule has 16 heteroatoms. The number of halogens is 2. The van der Waals surface area contributed by atoms with Crippen LogP contribution in [-0.2, 0) is 22.4 Å². The number of aryl methyl sites for hydroxylation is 2. The van der Waals surface area contributed by atoms with Crippen LogP contribution in [0.15, 0.2) is 82.3 Å². The molecule has 278 valence electrons. The van der Waals surface area contributed by atoms with Crippen LogP contribution in [0.25, 0.3) is 0 Å². The first-order valence-electron chi connectivity index (χ1n) is 17.1. The summed E-state index contributed by atoms with van der Waals surface area (Å²) in [6.07, 6.45) is 13.8. The summed E-state index contributed by atoms with van der Waals surface area (Å²) in [5, 5.41) is 28.1. The Hall–Kier alpha value is -4.38. The Kier molecular flexibility index (Phi) is 17.5. The summed E-state index contributed by atoms with van der Waals surface area (Å²) in [6, 6.07) is 16.1. The van der Waals surface area contributed by atoms with Crippen molar-refractivity contribution >= 4 is 55.7 Å². The Morgan fingerprint density at radius 2 is 1.06 bits per heavy atom. The van der Waals surface area contributed by atoms with E-state index in [4.69, 9.17) is 29.3 Å². The number of carboxylic acids is 2. The standard InChI is InChI=1S/2C17H21BrN4O.C2H2O4/c2*18-14-4-6-16-13(11-14)3-5-15(23-16)12-19-7-1-8-20-17-21-9-2-10-22-17;3-1(4)2(5)6/h2*2,4,6,9-11,15,19H,1,3,5,7-8,12H2,(H,20,21,22);(H,3,4)(H,5,6). The second kappa shape index (κ2) is 22.5. The van der Waals surface area contributed by atoms with E-state index in [1.54, 1.807) is 24.8 Å². The molecule has 0 fully saturated rings. The number of hydrogen-bond acceptors (Lipinski definition) is 12. The first-order valence-corrected chi connectivity index (χ1v) is 18.6. The highest BCUT2D eigenvalue weighted by Crippen LogP contribution is 2.31. The van der Waals surface area contributed by atoms with Gasteiger partial charge in [0.15, 0.2) is 0 Å². The molecule has 6 N–H and O–H groups in total. The second-order valence-corrected chi connectivity index (χ2v) is 13.6. The Morgan fingerprint density at radius 1 is 0.654 bits per heavy atom. The number of ether oxygens (including phenoxy) is 2. The van der Waals surface area contributed by atoms with Crippen LogP contribution in [0.3, 0.4) is 0 Å². The van der Waals surface area contributed by atoms with Gasteiger partial charge in [-0.3, -0.25) is 0 Å². The lowest BCUT2D eigenvalue weighted by Crippen LogP contribution is -2.35. The fourth-order valence-electron chi connectivity index (χ4n) is 5.25. The summed E-state index contributed by atoms with van der Waals surface area (Å²) in [4.78, 5) is 34.7. The number of rotatable bonds is 14. The summed E-state index contributed by atoms with van der Waals surface area (Å²) in [7, 11) is 0. The summed E-state index contributed by atoms with van der Waals surface area (Å²) in [5.74, 6) is -0.231. The molecular weight excluding hydrogens is 800 g/mol. The van der Waals surface area contributed by atoms with Gasteiger partial charge < -0.3 is 41.0 Å². The minimum absolute atomic E-state index is 0.258. The van der Waals surface area contributed by atoms with Crippen LogP contribution in [0.5, 0.6) is 11.5 Å². The van der Waals surface area contributed by atoms with Gasteiger partial charge in [-0.2, -0.15) is 0 Å². The van der Waals surface area contributed by atoms with Crippen molar-refractivity contribution in [3.8, 4) is 11.5 Å². The van der Waals surface area contributed by atoms with E-state index in [1.165, 1.54) is 11.1 Å². The molecule has 2 aliphatic rings. The Morgan fingerprint density at radius 3 is 1.44 bits per heavy atom. The number of aliphatic carboxylic acids is 2. The molecule has 0 saturated heterocycles. The second-order valence-electron chi connectivity index (χ2n) is 11.8. The van der Waals surface area contributed by atoms with Crippen molar-refractivity contribution in [2.24, 2.45) is 0 Å². The molecule has 52 heavy (non-hydrogen) atoms. The number of fused-ring (bicyclic) bond motifs is 2. The van der Waals surface area contributed by atoms with Crippen molar-refractivity contribution in [2.75, 3.05) is 49.9 Å². The molecule has 0 aliphatic carbocycles. The van der Waals surface area contributed by atoms with E-state index in [9.17, 15) is 0 Å². The summed E-state index contributed by atoms with van der Waals surface area (Å²) >= 11 is 7.01. The minimum Gasteiger partial charge on any atom is -0.489 e. The van der Waals surface area contributed by atoms with Crippen LogP contribution >= 0.6 is 31.9 Å². The molecule has 2 unspecified atom stereocenters. The predicted octanol–water partition coefficient (Wildman–Crippen LogP) is 5.20. The zero-order valence-corrected chi connectivity index (χ0v) is 31.8. The van der Waals surface area contributed by atoms with Crippen LogP contribution < -0.4 is 30.7 Å². The van der Waals surface area contributed by atoms with Gasteiger partial charge >= 0.3 is 11.9 Å². The molecule has 0 spiro atoms. The number of nitrogens with one attached hydrogen (secondary N) is 4. The van der Waals surface area contributed by atoms with Crippen molar-refractivity contribution in [2.45, 2.75) is 50.7 Å². The summed E-state index contributed by atoms with van der Waals surface area (Å²) < 4.78 is 14.3. The minimum atomic E-state index is -1.82. The maximum absolute atomic E-state index is 9.10. The van der Waals surface area contributed by atoms with Gasteiger partial charge in [-0.15, -0.1) is 0 Å². The number of benzene rings is 2. The molecule has 2 aromatic carbocycles. The molecule has 4 aromatic rings. The van der Waals surface area contributed by atoms with Crippen LogP contribution in [0, 0.1) is 0 Å². The molecule has 0 radical (unpaired) electrons. The number of carboxylic acid groups (broad SMARTS) is 2. The fourth-order valence-corrected chi connectivity index (χ4v) is 6.07. The van der Waals surface area contributed by atoms with E-state index in [0.29, 0.717) is 11.9 Å². The lowest BCUT2D eigenvalue weighted by Gasteiger charge is -2.26. The normalized spacial score (nSPS) is 15.4. The highest BCUT2D eigenvalue weighted by atomic mass is 79.9. The van der Waals surface area contributed by atoms with E-state index < -0.39 is 11.9 Å². The average molecular weight is 845 g/mol. The van der Waals surface area contributed by atoms with Gasteiger partial charge in [-0.25, -0.2) is 29.5 Å². The smallest absolute Gasteiger partial charge is 0.414 e. The van der Waals surface area contributed by atoms with E-state index in [-0.39, 0.29) is 12.2 Å². The first-order chi connectivity index (χ1) is 25.3. The maximum Gasteiger partial charge on any atom is 0.414 e. The van der Waals surface area contributed by atoms with Gasteiger partial charge in [0.05, 0.1) is 0 Å². The molecule has 0 bridgehead atoms. The van der Waals surface area contributed by atoms with E-state index >= 15 is 0 Å². The van der Waals surface area contributed by atoms with Crippen LogP contribution in [0.2, 0.25) is 0 Å². The van der Waals surface area contributed by atoms with Gasteiger partial charge in [-0.05, 0) is 111 Å². The van der Waals surface area contributed by atoms with E-state index in [0.717, 1.165) is 98.2 Å². The number of nitrogens with zero attached hydrogens (tertiary/aromatic N) is 4. The Bertz CT molecular complexity index is 1550. The first kappa shape index (κ1) is 40.4. The highest BCUT2D eigenvalue weighted by molar-refractivity contribution is 9.10. The van der Waals surface area contributed by atoms with Crippen LogP contribution in [-0.4, -0.2) is 93.6 Å². The molecule has 2 atom stereocenters. The summed E-state index contributed by atoms with van der Waals surface area (Å²) in [5.41, 5.74) is 2.59. The molecule has 2 aromatic heterocycles. The number of carbonyl (C=O) groups is 2. The van der Waals surface area contributed by atoms with Gasteiger partial charge in [0.1, 0.15) is 23.7 Å². The molecule has 14 nitrogen and oxygen atoms in total. The lowest BCUT2D eigenvalue weighted by molar-refractivity contribution is -0.159. The Labute approximate surface area is 319 Å². The lowest BCUT2D eigenvalue weighted by atomic mass is 10.0. The van der Waals surface area contributed by atoms with Gasteiger partial charge in [0.2, 0.25) is 11.9 Å². The quantitative estimate of drug-likeness (QED) is 0.0717. The van der Waals surface area contributed by atoms with Gasteiger partial charge in [0.25, 0.3) is 0 Å². The van der Waals surface area contributed by atoms with Crippen molar-refractivity contribution < 1.29 is 29.3 Å². The van der Waals surface area contributed by atoms with E-state index in [1.807, 2.05) is 24.3 Å². The fraction of sp³-hybridized carbons (Fsp3) is 0.389. The number of anilines is 2. The maximum atomic E-state index is 9.10. The third kappa shape index (κ3) is 15.1. The largest absolute Gasteiger partial charge is 0.489 e. The summed E-state index contributed by atoms with van der Waals surface area (Å²) in [6.45, 7) is 5.40. The zero-order chi connectivity index (χ0) is 37.0. The number of aromatic nitrogens is 4. The zero-order valence-electron chi connectivity index (χ0n) is 28.6. The monoisotopic (exact) mass is 842 g/mol. The van der Waals surface area contributed by atoms with E-state index in [2.05, 4.69) is 97.3 Å². The SMILES string of the molecule is Brc1ccc2c(c1)CCC(CNCCCNc1ncccn1)O2.Brc1ccc2c(c1)CCC(CNCCCNc1ncccn1)O2.O=C(O)C(=O)O. The molecule has 6 rings (SSSR count). The predicted molar refractivity (Wildman–Crippen MR) is 205 cm³/mol. The third-order valence-corrected chi connectivity index (χ3v) is 8.78. The van der Waals surface area contributed by atoms with Gasteiger partial charge in [-0.1, -0.05) is 31.9 Å². The van der Waals surface area contributed by atoms with Crippen molar-refractivity contribution in [1.82, 2.24) is 30.6 Å². The molecule has 2 aliphatic heterocycles. The molecule has 4 heterocycles. The molecular formula is C36H44Br2N8O6. The highest BCUT2D eigenvalue weighted by Gasteiger charge is 2.20. The Balaban J connectivity index is 0.000000202. The van der Waals surface area contributed by atoms with Crippen molar-refractivity contribution in [1.29, 1.82) is 0 Å².